The zero-order valence-corrected chi connectivity index (χ0v) is 29.8. The molecule has 260 valence electrons. The minimum absolute atomic E-state index is 0.0973. The van der Waals surface area contributed by atoms with Gasteiger partial charge in [-0.1, -0.05) is 140 Å². The number of aromatic nitrogens is 7. The summed E-state index contributed by atoms with van der Waals surface area (Å²) in [6.45, 7) is 4.09. The summed E-state index contributed by atoms with van der Waals surface area (Å²) in [5.74, 6) is 1.69. The first-order valence-electron chi connectivity index (χ1n) is 18.3. The molecule has 9 rings (SSSR count). The van der Waals surface area contributed by atoms with Gasteiger partial charge in [-0.05, 0) is 80.8 Å². The van der Waals surface area contributed by atoms with E-state index in [1.165, 1.54) is 11.1 Å². The molecule has 8 heteroatoms. The Kier molecular flexibility index (Phi) is 8.24. The molecule has 8 aromatic rings. The molecule has 53 heavy (non-hydrogen) atoms. The lowest BCUT2D eigenvalue weighted by molar-refractivity contribution is 0.277. The van der Waals surface area contributed by atoms with Crippen molar-refractivity contribution in [2.24, 2.45) is 0 Å². The summed E-state index contributed by atoms with van der Waals surface area (Å²) in [6.07, 6.45) is 2.69. The van der Waals surface area contributed by atoms with E-state index < -0.39 is 5.54 Å². The number of pyridine rings is 1. The van der Waals surface area contributed by atoms with E-state index in [-0.39, 0.29) is 12.6 Å². The third-order valence-electron chi connectivity index (χ3n) is 10.8. The zero-order valence-electron chi connectivity index (χ0n) is 29.8. The van der Waals surface area contributed by atoms with E-state index >= 15 is 0 Å². The topological polar surface area (TPSA) is 94.5 Å². The van der Waals surface area contributed by atoms with Crippen molar-refractivity contribution in [2.45, 2.75) is 51.3 Å². The molecule has 5 aromatic carbocycles. The highest BCUT2D eigenvalue weighted by Gasteiger charge is 2.42. The van der Waals surface area contributed by atoms with Gasteiger partial charge in [0.15, 0.2) is 11.5 Å². The van der Waals surface area contributed by atoms with Crippen LogP contribution in [0.25, 0.3) is 33.7 Å². The molecule has 0 amide bonds. The average molecular weight is 694 g/mol. The van der Waals surface area contributed by atoms with Crippen LogP contribution >= 0.6 is 0 Å². The lowest BCUT2D eigenvalue weighted by atomic mass is 9.77. The van der Waals surface area contributed by atoms with Gasteiger partial charge < -0.3 is 9.67 Å². The molecular weight excluding hydrogens is 655 g/mol. The van der Waals surface area contributed by atoms with Gasteiger partial charge in [0.25, 0.3) is 0 Å². The van der Waals surface area contributed by atoms with Crippen molar-refractivity contribution in [3.05, 3.63) is 184 Å². The second-order valence-corrected chi connectivity index (χ2v) is 13.7. The molecule has 0 saturated carbocycles. The predicted octanol–water partition coefficient (Wildman–Crippen LogP) is 8.49. The number of imidazole rings is 1. The van der Waals surface area contributed by atoms with Crippen molar-refractivity contribution in [1.29, 1.82) is 0 Å². The summed E-state index contributed by atoms with van der Waals surface area (Å²) in [5, 5.41) is 23.9. The molecule has 0 aliphatic heterocycles. The first-order chi connectivity index (χ1) is 26.1. The van der Waals surface area contributed by atoms with Crippen molar-refractivity contribution in [2.75, 3.05) is 0 Å². The standard InChI is InChI=1S/C45H39N7O/c1-3-41-47-42-30(2)27-36(29-53)46-44(42)51(41)40-26-24-32-28-31(23-25-38(32)40)37-21-13-14-22-39(37)43-48-49-50-52(43)45(33-15-7-4-8-16-33,34-17-9-5-10-18-34)35-19-11-6-12-20-35/h4-23,25,27-28,40,53H,3,24,26,29H2,1-2H3/t40-/m0/s1. The monoisotopic (exact) mass is 693 g/mol. The van der Waals surface area contributed by atoms with Crippen LogP contribution in [0.1, 0.15) is 64.3 Å². The number of benzene rings is 5. The van der Waals surface area contributed by atoms with E-state index in [4.69, 9.17) is 20.3 Å². The van der Waals surface area contributed by atoms with Crippen LogP contribution in [0.3, 0.4) is 0 Å². The van der Waals surface area contributed by atoms with Crippen LogP contribution in [-0.2, 0) is 25.0 Å². The fraction of sp³-hybridized carbons (Fsp3) is 0.178. The Hall–Kier alpha value is -6.25. The minimum atomic E-state index is -0.853. The van der Waals surface area contributed by atoms with Crippen LogP contribution in [0.5, 0.6) is 0 Å². The maximum atomic E-state index is 9.96. The first-order valence-corrected chi connectivity index (χ1v) is 18.3. The Morgan fingerprint density at radius 3 is 1.98 bits per heavy atom. The van der Waals surface area contributed by atoms with Crippen LogP contribution in [0.15, 0.2) is 140 Å². The molecule has 1 N–H and O–H groups in total. The van der Waals surface area contributed by atoms with Gasteiger partial charge in [-0.2, -0.15) is 0 Å². The molecule has 0 saturated heterocycles. The summed E-state index contributed by atoms with van der Waals surface area (Å²) in [4.78, 5) is 9.89. The maximum Gasteiger partial charge on any atom is 0.184 e. The van der Waals surface area contributed by atoms with E-state index in [0.717, 1.165) is 75.2 Å². The smallest absolute Gasteiger partial charge is 0.184 e. The van der Waals surface area contributed by atoms with Crippen LogP contribution < -0.4 is 0 Å². The van der Waals surface area contributed by atoms with Gasteiger partial charge in [-0.25, -0.2) is 14.6 Å². The SMILES string of the molecule is CCc1nc2c(C)cc(CO)nc2n1[C@H]1CCc2cc(-c3ccccc3-c3nnnn3C(c3ccccc3)(c3ccccc3)c3ccccc3)ccc21. The zero-order chi connectivity index (χ0) is 35.9. The molecule has 3 aromatic heterocycles. The normalized spacial score (nSPS) is 14.1. The van der Waals surface area contributed by atoms with Gasteiger partial charge in [-0.15, -0.1) is 5.10 Å². The quantitative estimate of drug-likeness (QED) is 0.153. The molecule has 0 fully saturated rings. The summed E-state index contributed by atoms with van der Waals surface area (Å²) < 4.78 is 4.31. The fourth-order valence-electron chi connectivity index (χ4n) is 8.43. The molecule has 1 atom stereocenters. The van der Waals surface area contributed by atoms with Gasteiger partial charge >= 0.3 is 0 Å². The molecule has 1 aliphatic carbocycles. The van der Waals surface area contributed by atoms with Crippen molar-refractivity contribution >= 4 is 11.2 Å². The summed E-state index contributed by atoms with van der Waals surface area (Å²) in [6, 6.07) is 48.8. The third kappa shape index (κ3) is 5.28. The van der Waals surface area contributed by atoms with Gasteiger partial charge in [0.1, 0.15) is 16.9 Å². The van der Waals surface area contributed by atoms with E-state index in [2.05, 4.69) is 132 Å². The molecule has 0 spiro atoms. The minimum Gasteiger partial charge on any atom is -0.390 e. The Morgan fingerprint density at radius 1 is 0.736 bits per heavy atom. The molecule has 0 unspecified atom stereocenters. The maximum absolute atomic E-state index is 9.96. The lowest BCUT2D eigenvalue weighted by Gasteiger charge is -2.36. The van der Waals surface area contributed by atoms with Crippen molar-refractivity contribution in [1.82, 2.24) is 34.7 Å². The molecule has 0 bridgehead atoms. The number of aliphatic hydroxyl groups excluding tert-OH is 1. The van der Waals surface area contributed by atoms with Gasteiger partial charge in [-0.3, -0.25) is 0 Å². The van der Waals surface area contributed by atoms with E-state index in [1.807, 2.05) is 35.9 Å². The van der Waals surface area contributed by atoms with Gasteiger partial charge in [0.2, 0.25) is 0 Å². The van der Waals surface area contributed by atoms with Crippen LogP contribution in [0.4, 0.5) is 0 Å². The summed E-state index contributed by atoms with van der Waals surface area (Å²) in [5.41, 5.74) is 11.5. The second kappa shape index (κ2) is 13.4. The number of rotatable bonds is 9. The molecular formula is C45H39N7O. The van der Waals surface area contributed by atoms with Gasteiger partial charge in [0, 0.05) is 12.0 Å². The number of nitrogens with zero attached hydrogens (tertiary/aromatic N) is 7. The Labute approximate surface area is 308 Å². The molecule has 8 nitrogen and oxygen atoms in total. The molecule has 1 aliphatic rings. The first kappa shape index (κ1) is 32.6. The average Bonchev–Trinajstić information content (AvgIpc) is 3.97. The number of hydrogen-bond donors (Lipinski definition) is 1. The highest BCUT2D eigenvalue weighted by molar-refractivity contribution is 5.82. The van der Waals surface area contributed by atoms with Crippen molar-refractivity contribution < 1.29 is 5.11 Å². The number of hydrogen-bond acceptors (Lipinski definition) is 6. The molecule has 3 heterocycles. The summed E-state index contributed by atoms with van der Waals surface area (Å²) in [7, 11) is 0. The number of aliphatic hydroxyl groups is 1. The number of fused-ring (bicyclic) bond motifs is 2. The fourth-order valence-corrected chi connectivity index (χ4v) is 8.43. The van der Waals surface area contributed by atoms with Crippen molar-refractivity contribution in [3.63, 3.8) is 0 Å². The van der Waals surface area contributed by atoms with Crippen LogP contribution in [-0.4, -0.2) is 39.8 Å². The van der Waals surface area contributed by atoms with E-state index in [1.54, 1.807) is 0 Å². The lowest BCUT2D eigenvalue weighted by Crippen LogP contribution is -2.39. The predicted molar refractivity (Wildman–Crippen MR) is 207 cm³/mol. The highest BCUT2D eigenvalue weighted by Crippen LogP contribution is 2.45. The van der Waals surface area contributed by atoms with Gasteiger partial charge in [0.05, 0.1) is 18.3 Å². The van der Waals surface area contributed by atoms with Crippen molar-refractivity contribution in [3.8, 4) is 22.5 Å². The highest BCUT2D eigenvalue weighted by atomic mass is 16.3. The molecule has 0 radical (unpaired) electrons. The van der Waals surface area contributed by atoms with Crippen LogP contribution in [0.2, 0.25) is 0 Å². The van der Waals surface area contributed by atoms with E-state index in [0.29, 0.717) is 11.5 Å². The number of aryl methyl sites for hydroxylation is 3. The third-order valence-corrected chi connectivity index (χ3v) is 10.8. The van der Waals surface area contributed by atoms with Crippen LogP contribution in [0, 0.1) is 6.92 Å². The Balaban J connectivity index is 1.19. The Bertz CT molecular complexity index is 2460. The van der Waals surface area contributed by atoms with E-state index in [9.17, 15) is 5.11 Å². The largest absolute Gasteiger partial charge is 0.390 e. The second-order valence-electron chi connectivity index (χ2n) is 13.7. The number of tetrazole rings is 1. The summed E-state index contributed by atoms with van der Waals surface area (Å²) >= 11 is 0. The Morgan fingerprint density at radius 2 is 1.36 bits per heavy atom.